The summed E-state index contributed by atoms with van der Waals surface area (Å²) in [5.41, 5.74) is 3.15. The number of hydrogen-bond donors (Lipinski definition) is 1. The van der Waals surface area contributed by atoms with Crippen LogP contribution in [0.4, 0.5) is 5.69 Å². The van der Waals surface area contributed by atoms with E-state index in [4.69, 9.17) is 16.0 Å². The Labute approximate surface area is 218 Å². The van der Waals surface area contributed by atoms with Crippen LogP contribution in [-0.2, 0) is 25.8 Å². The molecule has 6 rings (SSSR count). The van der Waals surface area contributed by atoms with Gasteiger partial charge in [-0.2, -0.15) is 0 Å². The van der Waals surface area contributed by atoms with Crippen LogP contribution in [0.2, 0.25) is 5.02 Å². The van der Waals surface area contributed by atoms with Gasteiger partial charge in [0, 0.05) is 21.7 Å². The molecule has 188 valence electrons. The number of benzene rings is 1. The van der Waals surface area contributed by atoms with Gasteiger partial charge in [-0.1, -0.05) is 29.3 Å². The van der Waals surface area contributed by atoms with E-state index in [1.807, 2.05) is 13.0 Å². The lowest BCUT2D eigenvalue weighted by Crippen LogP contribution is -2.39. The predicted octanol–water partition coefficient (Wildman–Crippen LogP) is 4.37. The van der Waals surface area contributed by atoms with E-state index in [1.54, 1.807) is 37.3 Å². The van der Waals surface area contributed by atoms with Gasteiger partial charge in [-0.3, -0.25) is 19.2 Å². The highest BCUT2D eigenvalue weighted by Crippen LogP contribution is 2.55. The number of amides is 2. The molecule has 1 aliphatic heterocycles. The lowest BCUT2D eigenvalue weighted by Gasteiger charge is -2.41. The lowest BCUT2D eigenvalue weighted by molar-refractivity contribution is -0.123. The van der Waals surface area contributed by atoms with Gasteiger partial charge in [0.25, 0.3) is 0 Å². The van der Waals surface area contributed by atoms with Crippen LogP contribution in [0.15, 0.2) is 69.2 Å². The topological polar surface area (TPSA) is 105 Å². The molecule has 1 N–H and O–H groups in total. The largest absolute Gasteiger partial charge is 0.463 e. The first-order valence-corrected chi connectivity index (χ1v) is 12.6. The number of halogens is 1. The van der Waals surface area contributed by atoms with E-state index in [-0.39, 0.29) is 36.4 Å². The molecule has 0 unspecified atom stereocenters. The Morgan fingerprint density at radius 3 is 2.54 bits per heavy atom. The standard InChI is InChI=1S/C29H24ClNO6/c1-13-3-4-15(10-21(13)30)31-28(35)18-7-6-17-19(24(18)29(31)36)11-20-22(33)9-14(2)27(34)26(20)25(17)23-8-5-16(12-32)37-23/h3-6,8-10,18-19,24-25,32H,7,11-12H2,1-2H3/t18-,19+,24-,25+/m0/s1. The molecule has 0 bridgehead atoms. The van der Waals surface area contributed by atoms with Crippen molar-refractivity contribution in [1.82, 2.24) is 0 Å². The summed E-state index contributed by atoms with van der Waals surface area (Å²) in [4.78, 5) is 55.0. The summed E-state index contributed by atoms with van der Waals surface area (Å²) in [5, 5.41) is 10.0. The number of anilines is 1. The van der Waals surface area contributed by atoms with Crippen LogP contribution in [0.25, 0.3) is 0 Å². The number of rotatable bonds is 3. The lowest BCUT2D eigenvalue weighted by atomic mass is 9.60. The Hall–Kier alpha value is -3.55. The molecule has 2 aromatic rings. The summed E-state index contributed by atoms with van der Waals surface area (Å²) in [7, 11) is 0. The van der Waals surface area contributed by atoms with Gasteiger partial charge in [0.05, 0.1) is 23.4 Å². The Bertz CT molecular complexity index is 1510. The molecule has 37 heavy (non-hydrogen) atoms. The van der Waals surface area contributed by atoms with Gasteiger partial charge >= 0.3 is 0 Å². The Morgan fingerprint density at radius 1 is 1.05 bits per heavy atom. The molecule has 1 aromatic carbocycles. The second kappa shape index (κ2) is 8.50. The second-order valence-corrected chi connectivity index (χ2v) is 10.5. The highest BCUT2D eigenvalue weighted by atomic mass is 35.5. The number of nitrogens with zero attached hydrogens (tertiary/aromatic N) is 1. The van der Waals surface area contributed by atoms with Gasteiger partial charge in [-0.25, -0.2) is 4.90 Å². The highest BCUT2D eigenvalue weighted by molar-refractivity contribution is 6.32. The van der Waals surface area contributed by atoms with E-state index in [0.717, 1.165) is 11.1 Å². The summed E-state index contributed by atoms with van der Waals surface area (Å²) in [6, 6.07) is 8.44. The SMILES string of the molecule is CC1=CC(=O)C2=C(C1=O)[C@@H](c1ccc(CO)o1)C1=CC[C@@H]3C(=O)N(c4ccc(C)c(Cl)c4)C(=O)[C@@H]3[C@@H]1C2. The van der Waals surface area contributed by atoms with E-state index in [1.165, 1.54) is 11.0 Å². The van der Waals surface area contributed by atoms with Crippen molar-refractivity contribution >= 4 is 40.7 Å². The highest BCUT2D eigenvalue weighted by Gasteiger charge is 2.57. The first-order chi connectivity index (χ1) is 17.7. The molecule has 1 saturated heterocycles. The van der Waals surface area contributed by atoms with Crippen molar-refractivity contribution in [2.75, 3.05) is 4.90 Å². The first kappa shape index (κ1) is 23.8. The summed E-state index contributed by atoms with van der Waals surface area (Å²) < 4.78 is 5.88. The zero-order chi connectivity index (χ0) is 26.2. The molecule has 0 radical (unpaired) electrons. The zero-order valence-corrected chi connectivity index (χ0v) is 21.0. The minimum atomic E-state index is -0.675. The monoisotopic (exact) mass is 517 g/mol. The Morgan fingerprint density at radius 2 is 1.84 bits per heavy atom. The number of ketones is 2. The smallest absolute Gasteiger partial charge is 0.238 e. The van der Waals surface area contributed by atoms with Crippen molar-refractivity contribution in [2.24, 2.45) is 17.8 Å². The molecule has 4 atom stereocenters. The third-order valence-corrected chi connectivity index (χ3v) is 8.51. The van der Waals surface area contributed by atoms with Crippen molar-refractivity contribution in [3.8, 4) is 0 Å². The van der Waals surface area contributed by atoms with Crippen LogP contribution >= 0.6 is 11.6 Å². The van der Waals surface area contributed by atoms with E-state index in [9.17, 15) is 24.3 Å². The number of carbonyl (C=O) groups is 4. The number of carbonyl (C=O) groups excluding carboxylic acids is 4. The average molecular weight is 518 g/mol. The number of aliphatic hydroxyl groups excluding tert-OH is 1. The number of imide groups is 1. The van der Waals surface area contributed by atoms with Crippen molar-refractivity contribution in [3.05, 3.63) is 86.9 Å². The van der Waals surface area contributed by atoms with E-state index >= 15 is 0 Å². The number of aryl methyl sites for hydroxylation is 1. The number of hydrogen-bond acceptors (Lipinski definition) is 6. The Kier molecular flexibility index (Phi) is 5.47. The minimum absolute atomic E-state index is 0.197. The van der Waals surface area contributed by atoms with Crippen molar-refractivity contribution in [1.29, 1.82) is 0 Å². The normalized spacial score (nSPS) is 27.2. The fourth-order valence-electron chi connectivity index (χ4n) is 6.30. The number of Topliss-reactive ketones (excluding diaryl/α,β-unsaturated/α-hetero) is 1. The summed E-state index contributed by atoms with van der Waals surface area (Å²) in [6.45, 7) is 3.15. The maximum absolute atomic E-state index is 13.9. The number of fused-ring (bicyclic) bond motifs is 3. The molecule has 1 aromatic heterocycles. The van der Waals surface area contributed by atoms with Crippen LogP contribution in [0.5, 0.6) is 0 Å². The van der Waals surface area contributed by atoms with Gasteiger partial charge in [0.15, 0.2) is 11.6 Å². The van der Waals surface area contributed by atoms with E-state index in [0.29, 0.717) is 45.4 Å². The molecule has 8 heteroatoms. The van der Waals surface area contributed by atoms with Gasteiger partial charge < -0.3 is 9.52 Å². The molecular formula is C29H24ClNO6. The maximum atomic E-state index is 13.9. The van der Waals surface area contributed by atoms with E-state index in [2.05, 4.69) is 0 Å². The third kappa shape index (κ3) is 3.45. The quantitative estimate of drug-likeness (QED) is 0.368. The Balaban J connectivity index is 1.47. The van der Waals surface area contributed by atoms with Gasteiger partial charge in [-0.15, -0.1) is 0 Å². The van der Waals surface area contributed by atoms with E-state index < -0.39 is 23.7 Å². The van der Waals surface area contributed by atoms with Crippen molar-refractivity contribution in [3.63, 3.8) is 0 Å². The van der Waals surface area contributed by atoms with Crippen molar-refractivity contribution < 1.29 is 28.7 Å². The van der Waals surface area contributed by atoms with Crippen LogP contribution in [0.3, 0.4) is 0 Å². The molecule has 2 amide bonds. The summed E-state index contributed by atoms with van der Waals surface area (Å²) in [5.74, 6) is -2.69. The van der Waals surface area contributed by atoms with Crippen LogP contribution < -0.4 is 4.90 Å². The third-order valence-electron chi connectivity index (χ3n) is 8.10. The molecule has 7 nitrogen and oxygen atoms in total. The minimum Gasteiger partial charge on any atom is -0.463 e. The zero-order valence-electron chi connectivity index (χ0n) is 20.3. The summed E-state index contributed by atoms with van der Waals surface area (Å²) in [6.07, 6.45) is 3.81. The van der Waals surface area contributed by atoms with Gasteiger partial charge in [-0.05, 0) is 68.5 Å². The van der Waals surface area contributed by atoms with Crippen LogP contribution in [-0.4, -0.2) is 28.5 Å². The molecule has 4 aliphatic rings. The second-order valence-electron chi connectivity index (χ2n) is 10.1. The molecule has 3 aliphatic carbocycles. The number of furan rings is 1. The first-order valence-electron chi connectivity index (χ1n) is 12.2. The maximum Gasteiger partial charge on any atom is 0.238 e. The van der Waals surface area contributed by atoms with Crippen molar-refractivity contribution in [2.45, 2.75) is 39.2 Å². The summed E-state index contributed by atoms with van der Waals surface area (Å²) >= 11 is 6.30. The fourth-order valence-corrected chi connectivity index (χ4v) is 6.47. The molecule has 1 fully saturated rings. The van der Waals surface area contributed by atoms with Gasteiger partial charge in [0.2, 0.25) is 11.8 Å². The molecule has 0 saturated carbocycles. The number of allylic oxidation sites excluding steroid dienone is 6. The predicted molar refractivity (Wildman–Crippen MR) is 135 cm³/mol. The molecule has 0 spiro atoms. The fraction of sp³-hybridized carbons (Fsp3) is 0.310. The molecular weight excluding hydrogens is 494 g/mol. The molecule has 2 heterocycles. The van der Waals surface area contributed by atoms with Crippen LogP contribution in [0.1, 0.15) is 42.8 Å². The average Bonchev–Trinajstić information content (AvgIpc) is 3.45. The van der Waals surface area contributed by atoms with Gasteiger partial charge in [0.1, 0.15) is 18.1 Å². The number of aliphatic hydroxyl groups is 1. The van der Waals surface area contributed by atoms with Crippen LogP contribution in [0, 0.1) is 24.7 Å².